The number of carbonyl (C=O) groups excluding carboxylic acids is 2. The fourth-order valence-corrected chi connectivity index (χ4v) is 1.82. The molecule has 0 aromatic carbocycles. The highest BCUT2D eigenvalue weighted by Gasteiger charge is 2.18. The molecule has 3 amide bonds. The highest BCUT2D eigenvalue weighted by Crippen LogP contribution is 1.97. The van der Waals surface area contributed by atoms with Gasteiger partial charge in [-0.1, -0.05) is 0 Å². The van der Waals surface area contributed by atoms with Crippen molar-refractivity contribution in [2.24, 2.45) is 0 Å². The molecule has 1 saturated heterocycles. The van der Waals surface area contributed by atoms with E-state index in [1.54, 1.807) is 0 Å². The number of rotatable bonds is 3. The van der Waals surface area contributed by atoms with Crippen molar-refractivity contribution in [1.82, 2.24) is 20.9 Å². The summed E-state index contributed by atoms with van der Waals surface area (Å²) in [6, 6.07) is -0.00349. The van der Waals surface area contributed by atoms with E-state index in [-0.39, 0.29) is 18.5 Å². The van der Waals surface area contributed by atoms with Crippen LogP contribution in [0.1, 0.15) is 20.8 Å². The summed E-state index contributed by atoms with van der Waals surface area (Å²) >= 11 is 0. The number of nitrogens with zero attached hydrogens (tertiary/aromatic N) is 1. The van der Waals surface area contributed by atoms with Crippen molar-refractivity contribution in [3.05, 3.63) is 0 Å². The van der Waals surface area contributed by atoms with E-state index in [1.165, 1.54) is 0 Å². The van der Waals surface area contributed by atoms with E-state index in [4.69, 9.17) is 0 Å². The molecule has 6 heteroatoms. The van der Waals surface area contributed by atoms with E-state index >= 15 is 0 Å². The molecule has 6 nitrogen and oxygen atoms in total. The number of piperazine rings is 1. The largest absolute Gasteiger partial charge is 0.336 e. The number of urea groups is 1. The van der Waals surface area contributed by atoms with Crippen molar-refractivity contribution < 1.29 is 9.59 Å². The van der Waals surface area contributed by atoms with Crippen LogP contribution in [0.5, 0.6) is 0 Å². The molecule has 1 atom stereocenters. The van der Waals surface area contributed by atoms with E-state index in [0.717, 1.165) is 19.6 Å². The number of amides is 3. The highest BCUT2D eigenvalue weighted by atomic mass is 16.2. The van der Waals surface area contributed by atoms with E-state index in [9.17, 15) is 9.59 Å². The maximum atomic E-state index is 11.6. The Hall–Kier alpha value is -1.14. The first-order valence-corrected chi connectivity index (χ1v) is 6.03. The number of hydrogen-bond donors (Lipinski definition) is 3. The second-order valence-electron chi connectivity index (χ2n) is 4.77. The molecule has 1 heterocycles. The van der Waals surface area contributed by atoms with Crippen molar-refractivity contribution in [2.45, 2.75) is 32.9 Å². The first-order chi connectivity index (χ1) is 7.97. The van der Waals surface area contributed by atoms with Gasteiger partial charge in [0.15, 0.2) is 0 Å². The summed E-state index contributed by atoms with van der Waals surface area (Å²) in [5.41, 5.74) is 0. The van der Waals surface area contributed by atoms with Gasteiger partial charge in [-0.2, -0.15) is 0 Å². The Morgan fingerprint density at radius 3 is 2.76 bits per heavy atom. The molecule has 0 radical (unpaired) electrons. The highest BCUT2D eigenvalue weighted by molar-refractivity contribution is 5.95. The smallest absolute Gasteiger partial charge is 0.321 e. The summed E-state index contributed by atoms with van der Waals surface area (Å²) < 4.78 is 0. The first kappa shape index (κ1) is 13.9. The van der Waals surface area contributed by atoms with Crippen LogP contribution >= 0.6 is 0 Å². The second kappa shape index (κ2) is 6.56. The third kappa shape index (κ3) is 5.65. The Kier molecular flexibility index (Phi) is 5.37. The summed E-state index contributed by atoms with van der Waals surface area (Å²) in [5.74, 6) is -0.253. The molecule has 0 aromatic rings. The predicted octanol–water partition coefficient (Wildman–Crippen LogP) is -0.486. The fraction of sp³-hybridized carbons (Fsp3) is 0.818. The van der Waals surface area contributed by atoms with Gasteiger partial charge in [-0.3, -0.25) is 15.0 Å². The lowest BCUT2D eigenvalue weighted by molar-refractivity contribution is -0.121. The van der Waals surface area contributed by atoms with Crippen molar-refractivity contribution in [1.29, 1.82) is 0 Å². The SMILES string of the molecule is CC(C)NC(=O)NC(=O)CN1CCNC(C)C1. The molecule has 0 saturated carbocycles. The van der Waals surface area contributed by atoms with Gasteiger partial charge in [-0.05, 0) is 20.8 Å². The second-order valence-corrected chi connectivity index (χ2v) is 4.77. The minimum absolute atomic E-state index is 0.0296. The Morgan fingerprint density at radius 1 is 1.47 bits per heavy atom. The van der Waals surface area contributed by atoms with E-state index in [0.29, 0.717) is 6.04 Å². The molecular weight excluding hydrogens is 220 g/mol. The molecule has 0 spiro atoms. The van der Waals surface area contributed by atoms with Gasteiger partial charge in [0.1, 0.15) is 0 Å². The van der Waals surface area contributed by atoms with Gasteiger partial charge >= 0.3 is 6.03 Å². The lowest BCUT2D eigenvalue weighted by Crippen LogP contribution is -2.53. The van der Waals surface area contributed by atoms with Crippen LogP contribution in [0, 0.1) is 0 Å². The first-order valence-electron chi connectivity index (χ1n) is 6.03. The molecule has 1 fully saturated rings. The molecule has 1 aliphatic rings. The van der Waals surface area contributed by atoms with Crippen LogP contribution in [0.15, 0.2) is 0 Å². The third-order valence-electron chi connectivity index (χ3n) is 2.49. The Labute approximate surface area is 102 Å². The van der Waals surface area contributed by atoms with Crippen LogP contribution in [0.25, 0.3) is 0 Å². The molecule has 1 aliphatic heterocycles. The van der Waals surface area contributed by atoms with Gasteiger partial charge in [-0.25, -0.2) is 4.79 Å². The molecule has 98 valence electrons. The number of nitrogens with one attached hydrogen (secondary N) is 3. The maximum Gasteiger partial charge on any atom is 0.321 e. The molecule has 3 N–H and O–H groups in total. The molecule has 0 bridgehead atoms. The Bertz CT molecular complexity index is 281. The monoisotopic (exact) mass is 242 g/mol. The maximum absolute atomic E-state index is 11.6. The topological polar surface area (TPSA) is 73.5 Å². The Morgan fingerprint density at radius 2 is 2.18 bits per heavy atom. The van der Waals surface area contributed by atoms with Crippen LogP contribution in [0.4, 0.5) is 4.79 Å². The number of imide groups is 1. The lowest BCUT2D eigenvalue weighted by atomic mass is 10.2. The van der Waals surface area contributed by atoms with Crippen molar-refractivity contribution >= 4 is 11.9 Å². The van der Waals surface area contributed by atoms with Gasteiger partial charge < -0.3 is 10.6 Å². The van der Waals surface area contributed by atoms with Crippen molar-refractivity contribution in [2.75, 3.05) is 26.2 Å². The summed E-state index contributed by atoms with van der Waals surface area (Å²) in [6.45, 7) is 8.60. The molecule has 17 heavy (non-hydrogen) atoms. The zero-order valence-corrected chi connectivity index (χ0v) is 10.7. The number of carbonyl (C=O) groups is 2. The van der Waals surface area contributed by atoms with Gasteiger partial charge in [0.25, 0.3) is 0 Å². The summed E-state index contributed by atoms with van der Waals surface area (Å²) in [4.78, 5) is 24.9. The predicted molar refractivity (Wildman–Crippen MR) is 65.7 cm³/mol. The van der Waals surface area contributed by atoms with Gasteiger partial charge in [0, 0.05) is 31.7 Å². The minimum atomic E-state index is -0.423. The van der Waals surface area contributed by atoms with Gasteiger partial charge in [0.2, 0.25) is 5.91 Å². The average Bonchev–Trinajstić information content (AvgIpc) is 2.14. The van der Waals surface area contributed by atoms with E-state index in [2.05, 4.69) is 22.9 Å². The normalized spacial score (nSPS) is 21.3. The van der Waals surface area contributed by atoms with Crippen LogP contribution in [0.3, 0.4) is 0 Å². The zero-order chi connectivity index (χ0) is 12.8. The molecule has 1 rings (SSSR count). The summed E-state index contributed by atoms with van der Waals surface area (Å²) in [5, 5.41) is 8.24. The quantitative estimate of drug-likeness (QED) is 0.624. The molecule has 0 aliphatic carbocycles. The van der Waals surface area contributed by atoms with Crippen molar-refractivity contribution in [3.63, 3.8) is 0 Å². The minimum Gasteiger partial charge on any atom is -0.336 e. The van der Waals surface area contributed by atoms with Crippen LogP contribution < -0.4 is 16.0 Å². The van der Waals surface area contributed by atoms with E-state index < -0.39 is 6.03 Å². The fourth-order valence-electron chi connectivity index (χ4n) is 1.82. The molecule has 1 unspecified atom stereocenters. The third-order valence-corrected chi connectivity index (χ3v) is 2.49. The lowest BCUT2D eigenvalue weighted by Gasteiger charge is -2.31. The number of hydrogen-bond acceptors (Lipinski definition) is 4. The molecular formula is C11H22N4O2. The van der Waals surface area contributed by atoms with Crippen molar-refractivity contribution in [3.8, 4) is 0 Å². The average molecular weight is 242 g/mol. The van der Waals surface area contributed by atoms with Gasteiger partial charge in [0.05, 0.1) is 6.54 Å². The summed E-state index contributed by atoms with van der Waals surface area (Å²) in [6.07, 6.45) is 0. The van der Waals surface area contributed by atoms with E-state index in [1.807, 2.05) is 18.7 Å². The summed E-state index contributed by atoms with van der Waals surface area (Å²) in [7, 11) is 0. The van der Waals surface area contributed by atoms with Gasteiger partial charge in [-0.15, -0.1) is 0 Å². The molecule has 0 aromatic heterocycles. The van der Waals surface area contributed by atoms with Crippen LogP contribution in [0.2, 0.25) is 0 Å². The van der Waals surface area contributed by atoms with Crippen LogP contribution in [-0.2, 0) is 4.79 Å². The Balaban J connectivity index is 2.26. The van der Waals surface area contributed by atoms with Crippen LogP contribution in [-0.4, -0.2) is 55.1 Å². The zero-order valence-electron chi connectivity index (χ0n) is 10.7. The standard InChI is InChI=1S/C11H22N4O2/c1-8(2)13-11(17)14-10(16)7-15-5-4-12-9(3)6-15/h8-9,12H,4-7H2,1-3H3,(H2,13,14,16,17).